The number of carbonyl (C=O) groups is 2. The summed E-state index contributed by atoms with van der Waals surface area (Å²) in [6.45, 7) is 1.10. The largest absolute Gasteiger partial charge is 0.488 e. The Kier molecular flexibility index (Phi) is 17.9. The van der Waals surface area contributed by atoms with Crippen molar-refractivity contribution in [2.75, 3.05) is 13.2 Å². The summed E-state index contributed by atoms with van der Waals surface area (Å²) in [5.74, 6) is -1.51. The molecule has 2 atom stereocenters. The van der Waals surface area contributed by atoms with E-state index in [-0.39, 0.29) is 72.6 Å². The number of nitriles is 2. The fraction of sp³-hybridized carbons (Fsp3) is 0.240. The summed E-state index contributed by atoms with van der Waals surface area (Å²) in [7, 11) is 0. The Labute approximate surface area is 422 Å². The van der Waals surface area contributed by atoms with E-state index in [4.69, 9.17) is 65.4 Å². The molecular formula is C50H44Cl4N6O10. The van der Waals surface area contributed by atoms with Gasteiger partial charge in [0.2, 0.25) is 0 Å². The van der Waals surface area contributed by atoms with Gasteiger partial charge in [0.1, 0.15) is 72.6 Å². The van der Waals surface area contributed by atoms with Crippen LogP contribution in [0.4, 0.5) is 0 Å². The van der Waals surface area contributed by atoms with Crippen molar-refractivity contribution in [3.63, 3.8) is 0 Å². The quantitative estimate of drug-likeness (QED) is 0.0351. The van der Waals surface area contributed by atoms with E-state index < -0.39 is 36.2 Å². The number of aliphatic hydroxyl groups excluding tert-OH is 2. The van der Waals surface area contributed by atoms with Crippen LogP contribution < -0.4 is 29.6 Å². The maximum atomic E-state index is 11.9. The first-order valence-electron chi connectivity index (χ1n) is 21.1. The van der Waals surface area contributed by atoms with E-state index in [1.165, 1.54) is 26.2 Å². The normalized spacial score (nSPS) is 12.7. The minimum Gasteiger partial charge on any atom is -0.488 e. The third-order valence-corrected chi connectivity index (χ3v) is 12.5. The maximum absolute atomic E-state index is 11.9. The fourth-order valence-electron chi connectivity index (χ4n) is 6.58. The van der Waals surface area contributed by atoms with Crippen LogP contribution in [-0.2, 0) is 49.1 Å². The van der Waals surface area contributed by atoms with Gasteiger partial charge < -0.3 is 39.4 Å². The van der Waals surface area contributed by atoms with E-state index in [0.717, 1.165) is 0 Å². The minimum atomic E-state index is -1.66. The zero-order valence-electron chi connectivity index (χ0n) is 37.4. The molecule has 4 aromatic carbocycles. The van der Waals surface area contributed by atoms with E-state index >= 15 is 0 Å². The molecule has 0 bridgehead atoms. The molecule has 0 saturated heterocycles. The van der Waals surface area contributed by atoms with Crippen LogP contribution in [0.2, 0.25) is 20.1 Å². The predicted octanol–water partition coefficient (Wildman–Crippen LogP) is 8.67. The van der Waals surface area contributed by atoms with Gasteiger partial charge in [-0.3, -0.25) is 30.2 Å². The summed E-state index contributed by atoms with van der Waals surface area (Å²) < 4.78 is 24.7. The number of ether oxygens (including phenoxy) is 4. The first-order chi connectivity index (χ1) is 33.5. The summed E-state index contributed by atoms with van der Waals surface area (Å²) in [6, 6.07) is 24.3. The van der Waals surface area contributed by atoms with E-state index in [9.17, 15) is 40.5 Å². The lowest BCUT2D eigenvalue weighted by Gasteiger charge is -2.25. The van der Waals surface area contributed by atoms with Crippen molar-refractivity contribution in [3.05, 3.63) is 162 Å². The van der Waals surface area contributed by atoms with E-state index in [0.29, 0.717) is 65.7 Å². The summed E-state index contributed by atoms with van der Waals surface area (Å²) in [5.41, 5.74) is 1.80. The van der Waals surface area contributed by atoms with Crippen LogP contribution in [-0.4, -0.2) is 66.6 Å². The number of nitrogens with zero attached hydrogens (tertiary/aromatic N) is 4. The predicted molar refractivity (Wildman–Crippen MR) is 260 cm³/mol. The van der Waals surface area contributed by atoms with E-state index in [2.05, 4.69) is 20.6 Å². The van der Waals surface area contributed by atoms with Gasteiger partial charge in [0.05, 0.1) is 44.4 Å². The number of benzene rings is 4. The number of rotatable bonds is 23. The zero-order valence-corrected chi connectivity index (χ0v) is 40.5. The van der Waals surface area contributed by atoms with Crippen molar-refractivity contribution >= 4 is 58.3 Å². The van der Waals surface area contributed by atoms with Crippen molar-refractivity contribution in [1.29, 1.82) is 10.5 Å². The highest BCUT2D eigenvalue weighted by atomic mass is 35.5. The Morgan fingerprint density at radius 3 is 1.31 bits per heavy atom. The number of hydrogen-bond acceptors (Lipinski definition) is 14. The summed E-state index contributed by atoms with van der Waals surface area (Å²) in [5, 5.41) is 64.4. The topological polar surface area (TPSA) is 249 Å². The van der Waals surface area contributed by atoms with Crippen LogP contribution in [0, 0.1) is 22.7 Å². The minimum absolute atomic E-state index is 0.00162. The smallest absolute Gasteiger partial charge is 0.326 e. The molecule has 1 unspecified atom stereocenters. The van der Waals surface area contributed by atoms with Crippen molar-refractivity contribution < 1.29 is 49.0 Å². The third kappa shape index (κ3) is 12.9. The standard InChI is InChI=1S/C50H44Cl4N6O10/c1-49(27-61,47(63)64)59-21-35-11-39(51)43(13-41(35)67-23-31-9-29(15-55)17-57-19-31)69-25-33-5-3-7-37(45(33)53)38-8-4-6-34(46(38)54)26-70-44-14-42(68-24-32-10-30(16-56)18-58-20-32)36(12-40(44)52)22-60-50(2,28-62)48(65)66/h3-14,17-20,59-62H,21-28H2,1-2H3,(H,63,64)(H,65,66)/t49-,50?/m0/s1. The molecule has 2 aromatic heterocycles. The lowest BCUT2D eigenvalue weighted by molar-refractivity contribution is -0.146. The average Bonchev–Trinajstić information content (AvgIpc) is 3.36. The Balaban J connectivity index is 1.22. The van der Waals surface area contributed by atoms with Gasteiger partial charge in [-0.15, -0.1) is 0 Å². The monoisotopic (exact) mass is 1030 g/mol. The third-order valence-electron chi connectivity index (χ3n) is 11.0. The molecule has 0 fully saturated rings. The molecule has 0 spiro atoms. The van der Waals surface area contributed by atoms with Crippen LogP contribution >= 0.6 is 46.4 Å². The molecule has 0 aliphatic carbocycles. The molecular weight excluding hydrogens is 986 g/mol. The molecule has 16 nitrogen and oxygen atoms in total. The highest BCUT2D eigenvalue weighted by molar-refractivity contribution is 6.37. The van der Waals surface area contributed by atoms with Gasteiger partial charge in [0, 0.05) is 94.5 Å². The van der Waals surface area contributed by atoms with Crippen LogP contribution in [0.1, 0.15) is 58.4 Å². The molecule has 70 heavy (non-hydrogen) atoms. The van der Waals surface area contributed by atoms with Crippen LogP contribution in [0.15, 0.2) is 97.6 Å². The lowest BCUT2D eigenvalue weighted by Crippen LogP contribution is -2.52. The second-order valence-corrected chi connectivity index (χ2v) is 17.7. The van der Waals surface area contributed by atoms with E-state index in [1.54, 1.807) is 85.2 Å². The number of hydrogen-bond donors (Lipinski definition) is 6. The molecule has 0 aliphatic heterocycles. The molecule has 0 aliphatic rings. The lowest BCUT2D eigenvalue weighted by atomic mass is 10.0. The van der Waals surface area contributed by atoms with Crippen LogP contribution in [0.5, 0.6) is 23.0 Å². The SMILES string of the molecule is CC(CO)(NCc1cc(Cl)c(OCc2cccc(-c3cccc(COc4cc(OCc5cncc(C#N)c5)c(CN[C@@](C)(CO)C(=O)O)cc4Cl)c3Cl)c2Cl)cc1OCc1cncc(C#N)c1)C(=O)O. The number of aliphatic carboxylic acids is 2. The summed E-state index contributed by atoms with van der Waals surface area (Å²) >= 11 is 27.6. The molecule has 2 heterocycles. The number of carboxylic acids is 2. The van der Waals surface area contributed by atoms with Crippen molar-refractivity contribution in [1.82, 2.24) is 20.6 Å². The van der Waals surface area contributed by atoms with Crippen molar-refractivity contribution in [2.24, 2.45) is 0 Å². The molecule has 0 amide bonds. The van der Waals surface area contributed by atoms with Gasteiger partial charge in [-0.2, -0.15) is 10.5 Å². The Hall–Kier alpha value is -6.70. The number of pyridine rings is 2. The number of carboxylic acid groups (broad SMARTS) is 2. The molecule has 6 rings (SSSR count). The van der Waals surface area contributed by atoms with Crippen LogP contribution in [0.3, 0.4) is 0 Å². The molecule has 6 aromatic rings. The van der Waals surface area contributed by atoms with Gasteiger partial charge in [-0.05, 0) is 38.1 Å². The Morgan fingerprint density at radius 1 is 0.571 bits per heavy atom. The van der Waals surface area contributed by atoms with E-state index in [1.807, 2.05) is 12.1 Å². The molecule has 0 radical (unpaired) electrons. The van der Waals surface area contributed by atoms with Gasteiger partial charge in [-0.1, -0.05) is 82.8 Å². The van der Waals surface area contributed by atoms with Gasteiger partial charge in [0.25, 0.3) is 0 Å². The molecule has 20 heteroatoms. The average molecular weight is 1030 g/mol. The fourth-order valence-corrected chi connectivity index (χ4v) is 7.63. The Bertz CT molecular complexity index is 2790. The van der Waals surface area contributed by atoms with Gasteiger partial charge >= 0.3 is 11.9 Å². The van der Waals surface area contributed by atoms with Crippen molar-refractivity contribution in [2.45, 2.75) is 64.4 Å². The first kappa shape index (κ1) is 52.7. The second-order valence-electron chi connectivity index (χ2n) is 16.2. The number of aliphatic hydroxyl groups is 2. The highest BCUT2D eigenvalue weighted by Gasteiger charge is 2.33. The molecule has 362 valence electrons. The van der Waals surface area contributed by atoms with Crippen molar-refractivity contribution in [3.8, 4) is 46.3 Å². The highest BCUT2D eigenvalue weighted by Crippen LogP contribution is 2.40. The number of nitrogens with one attached hydrogen (secondary N) is 2. The van der Waals surface area contributed by atoms with Gasteiger partial charge in [-0.25, -0.2) is 0 Å². The van der Waals surface area contributed by atoms with Gasteiger partial charge in [0.15, 0.2) is 0 Å². The molecule has 6 N–H and O–H groups in total. The van der Waals surface area contributed by atoms with Crippen LogP contribution in [0.25, 0.3) is 11.1 Å². The second kappa shape index (κ2) is 23.7. The number of aromatic nitrogens is 2. The summed E-state index contributed by atoms with van der Waals surface area (Å²) in [4.78, 5) is 32.0. The number of halogens is 4. The summed E-state index contributed by atoms with van der Waals surface area (Å²) in [6.07, 6.45) is 5.94. The first-order valence-corrected chi connectivity index (χ1v) is 22.6. The molecule has 0 saturated carbocycles. The Morgan fingerprint density at radius 2 is 0.957 bits per heavy atom. The zero-order chi connectivity index (χ0) is 50.6. The maximum Gasteiger partial charge on any atom is 0.326 e.